The SMILES string of the molecule is CCCCC/C=C/C/C=C/C/C=C/C/C=C/CCCCCC(=O)OC[C@H](COP(=O)([O-])OCC[N+](C)(C)C)OC(=O)CCCCCCCCCCC/C=C/C/C=C/CCCCC. The van der Waals surface area contributed by atoms with Crippen LogP contribution in [0.3, 0.4) is 0 Å². The minimum absolute atomic E-state index is 0.0404. The van der Waals surface area contributed by atoms with E-state index in [1.54, 1.807) is 0 Å². The second kappa shape index (κ2) is 43.7. The molecule has 0 saturated heterocycles. The Morgan fingerprint density at radius 2 is 0.871 bits per heavy atom. The summed E-state index contributed by atoms with van der Waals surface area (Å²) in [5, 5.41) is 0. The van der Waals surface area contributed by atoms with Gasteiger partial charge in [0.2, 0.25) is 0 Å². The Labute approximate surface area is 380 Å². The zero-order chi connectivity index (χ0) is 45.7. The minimum Gasteiger partial charge on any atom is -0.756 e. The third-order valence-electron chi connectivity index (χ3n) is 10.2. The van der Waals surface area contributed by atoms with Crippen LogP contribution < -0.4 is 4.89 Å². The summed E-state index contributed by atoms with van der Waals surface area (Å²) in [4.78, 5) is 37.7. The maximum Gasteiger partial charge on any atom is 0.306 e. The normalized spacial score (nSPS) is 14.1. The largest absolute Gasteiger partial charge is 0.756 e. The fourth-order valence-electron chi connectivity index (χ4n) is 6.31. The molecule has 0 N–H and O–H groups in total. The maximum atomic E-state index is 12.7. The molecule has 0 aromatic carbocycles. The van der Waals surface area contributed by atoms with Gasteiger partial charge in [-0.15, -0.1) is 0 Å². The summed E-state index contributed by atoms with van der Waals surface area (Å²) in [7, 11) is 1.13. The van der Waals surface area contributed by atoms with Gasteiger partial charge in [-0.05, 0) is 89.9 Å². The van der Waals surface area contributed by atoms with Gasteiger partial charge in [-0.2, -0.15) is 0 Å². The summed E-state index contributed by atoms with van der Waals surface area (Å²) in [6.07, 6.45) is 54.9. The van der Waals surface area contributed by atoms with Crippen LogP contribution in [0.1, 0.15) is 194 Å². The van der Waals surface area contributed by atoms with Crippen molar-refractivity contribution in [3.63, 3.8) is 0 Å². The first-order valence-electron chi connectivity index (χ1n) is 24.6. The van der Waals surface area contributed by atoms with E-state index in [0.29, 0.717) is 23.9 Å². The zero-order valence-electron chi connectivity index (χ0n) is 40.3. The van der Waals surface area contributed by atoms with E-state index < -0.39 is 32.5 Å². The number of phosphoric acid groups is 1. The molecule has 358 valence electrons. The van der Waals surface area contributed by atoms with Gasteiger partial charge in [0.15, 0.2) is 6.10 Å². The molecule has 0 aromatic rings. The number of rotatable bonds is 44. The lowest BCUT2D eigenvalue weighted by atomic mass is 10.1. The van der Waals surface area contributed by atoms with E-state index >= 15 is 0 Å². The molecule has 1 unspecified atom stereocenters. The fraction of sp³-hybridized carbons (Fsp3) is 0.731. The quantitative estimate of drug-likeness (QED) is 0.0195. The topological polar surface area (TPSA) is 111 Å². The molecule has 0 heterocycles. The van der Waals surface area contributed by atoms with Crippen LogP contribution in [0, 0.1) is 0 Å². The fourth-order valence-corrected chi connectivity index (χ4v) is 7.04. The molecule has 0 aliphatic heterocycles. The minimum atomic E-state index is -4.64. The van der Waals surface area contributed by atoms with Crippen LogP contribution in [0.5, 0.6) is 0 Å². The Kier molecular flexibility index (Phi) is 41.9. The lowest BCUT2D eigenvalue weighted by molar-refractivity contribution is -0.870. The lowest BCUT2D eigenvalue weighted by Gasteiger charge is -2.28. The number of allylic oxidation sites excluding steroid dienone is 12. The van der Waals surface area contributed by atoms with Gasteiger partial charge >= 0.3 is 11.9 Å². The smallest absolute Gasteiger partial charge is 0.306 e. The number of esters is 2. The average molecular weight is 890 g/mol. The molecule has 0 aliphatic carbocycles. The van der Waals surface area contributed by atoms with Gasteiger partial charge in [0.05, 0.1) is 27.7 Å². The number of likely N-dealkylation sites (N-methyl/N-ethyl adjacent to an activating group) is 1. The van der Waals surface area contributed by atoms with Gasteiger partial charge in [-0.25, -0.2) is 0 Å². The molecule has 0 spiro atoms. The van der Waals surface area contributed by atoms with Crippen LogP contribution >= 0.6 is 7.82 Å². The highest BCUT2D eigenvalue weighted by Crippen LogP contribution is 2.38. The lowest BCUT2D eigenvalue weighted by Crippen LogP contribution is -2.37. The second-order valence-electron chi connectivity index (χ2n) is 17.5. The van der Waals surface area contributed by atoms with Crippen molar-refractivity contribution >= 4 is 19.8 Å². The van der Waals surface area contributed by atoms with E-state index in [1.165, 1.54) is 83.5 Å². The van der Waals surface area contributed by atoms with E-state index in [1.807, 2.05) is 21.1 Å². The number of carbonyl (C=O) groups excluding carboxylic acids is 2. The van der Waals surface area contributed by atoms with E-state index in [2.05, 4.69) is 86.8 Å². The molecule has 0 fully saturated rings. The van der Waals surface area contributed by atoms with Crippen LogP contribution in [-0.4, -0.2) is 70.0 Å². The van der Waals surface area contributed by atoms with Crippen molar-refractivity contribution in [3.05, 3.63) is 72.9 Å². The number of quaternary nitrogens is 1. The number of nitrogens with zero attached hydrogens (tertiary/aromatic N) is 1. The summed E-state index contributed by atoms with van der Waals surface area (Å²) in [5.41, 5.74) is 0. The Morgan fingerprint density at radius 3 is 1.31 bits per heavy atom. The predicted octanol–water partition coefficient (Wildman–Crippen LogP) is 13.9. The molecule has 0 aliphatic rings. The Bertz CT molecular complexity index is 1280. The number of unbranched alkanes of at least 4 members (excludes halogenated alkanes) is 18. The third kappa shape index (κ3) is 46.9. The first-order chi connectivity index (χ1) is 30.0. The van der Waals surface area contributed by atoms with Crippen molar-refractivity contribution in [2.24, 2.45) is 0 Å². The number of phosphoric ester groups is 1. The van der Waals surface area contributed by atoms with Gasteiger partial charge in [-0.1, -0.05) is 164 Å². The van der Waals surface area contributed by atoms with Crippen molar-refractivity contribution in [3.8, 4) is 0 Å². The van der Waals surface area contributed by atoms with Gasteiger partial charge in [-0.3, -0.25) is 14.2 Å². The van der Waals surface area contributed by atoms with Crippen LogP contribution in [-0.2, 0) is 32.7 Å². The molecular formula is C52H92NO8P. The summed E-state index contributed by atoms with van der Waals surface area (Å²) >= 11 is 0. The highest BCUT2D eigenvalue weighted by Gasteiger charge is 2.21. The number of hydrogen-bond donors (Lipinski definition) is 0. The molecular weight excluding hydrogens is 798 g/mol. The van der Waals surface area contributed by atoms with Crippen molar-refractivity contribution in [2.75, 3.05) is 47.5 Å². The summed E-state index contributed by atoms with van der Waals surface area (Å²) in [5.74, 6) is -0.878. The predicted molar refractivity (Wildman–Crippen MR) is 259 cm³/mol. The van der Waals surface area contributed by atoms with Gasteiger partial charge < -0.3 is 27.9 Å². The summed E-state index contributed by atoms with van der Waals surface area (Å²) < 4.78 is 34.0. The molecule has 0 radical (unpaired) electrons. The van der Waals surface area contributed by atoms with Crippen LogP contribution in [0.4, 0.5) is 0 Å². The molecule has 0 aromatic heterocycles. The Balaban J connectivity index is 4.37. The molecule has 9 nitrogen and oxygen atoms in total. The molecule has 0 amide bonds. The standard InChI is InChI=1S/C52H92NO8P/c1-6-8-10-12-14-16-18-20-22-24-26-28-30-32-34-36-38-40-42-44-51(54)58-48-50(49-60-62(56,57)59-47-46-53(3,4)5)61-52(55)45-43-41-39-37-35-33-31-29-27-25-23-21-19-17-15-13-11-9-7-2/h14-17,20-23,26,28,32,34,50H,6-13,18-19,24-25,27,29-31,33,35-49H2,1-5H3/b16-14+,17-15+,22-20+,23-21+,28-26+,34-32+/t50-/m1/s1. The van der Waals surface area contributed by atoms with Crippen LogP contribution in [0.25, 0.3) is 0 Å². The van der Waals surface area contributed by atoms with Crippen molar-refractivity contribution < 1.29 is 42.1 Å². The van der Waals surface area contributed by atoms with Crippen molar-refractivity contribution in [1.29, 1.82) is 0 Å². The number of ether oxygens (including phenoxy) is 2. The Hall–Kier alpha value is -2.55. The molecule has 0 bridgehead atoms. The van der Waals surface area contributed by atoms with Crippen LogP contribution in [0.2, 0.25) is 0 Å². The molecule has 0 rings (SSSR count). The monoisotopic (exact) mass is 890 g/mol. The van der Waals surface area contributed by atoms with E-state index in [0.717, 1.165) is 70.6 Å². The number of carbonyl (C=O) groups is 2. The maximum absolute atomic E-state index is 12.7. The van der Waals surface area contributed by atoms with E-state index in [-0.39, 0.29) is 26.1 Å². The highest BCUT2D eigenvalue weighted by atomic mass is 31.2. The highest BCUT2D eigenvalue weighted by molar-refractivity contribution is 7.45. The van der Waals surface area contributed by atoms with E-state index in [4.69, 9.17) is 18.5 Å². The molecule has 2 atom stereocenters. The van der Waals surface area contributed by atoms with Gasteiger partial charge in [0, 0.05) is 12.8 Å². The van der Waals surface area contributed by atoms with E-state index in [9.17, 15) is 19.0 Å². The summed E-state index contributed by atoms with van der Waals surface area (Å²) in [6, 6.07) is 0. The van der Waals surface area contributed by atoms with Gasteiger partial charge in [0.25, 0.3) is 7.82 Å². The second-order valence-corrected chi connectivity index (χ2v) is 18.9. The number of hydrogen-bond acceptors (Lipinski definition) is 8. The Morgan fingerprint density at radius 1 is 0.500 bits per heavy atom. The van der Waals surface area contributed by atoms with Crippen molar-refractivity contribution in [2.45, 2.75) is 200 Å². The first-order valence-corrected chi connectivity index (χ1v) is 26.1. The molecule has 0 saturated carbocycles. The average Bonchev–Trinajstić information content (AvgIpc) is 3.23. The van der Waals surface area contributed by atoms with Gasteiger partial charge in [0.1, 0.15) is 19.8 Å². The van der Waals surface area contributed by atoms with Crippen LogP contribution in [0.15, 0.2) is 72.9 Å². The summed E-state index contributed by atoms with van der Waals surface area (Å²) in [6.45, 7) is 4.13. The van der Waals surface area contributed by atoms with Crippen molar-refractivity contribution in [1.82, 2.24) is 0 Å². The zero-order valence-corrected chi connectivity index (χ0v) is 41.2. The molecule has 10 heteroatoms. The first kappa shape index (κ1) is 59.5. The third-order valence-corrected chi connectivity index (χ3v) is 11.2. The molecule has 62 heavy (non-hydrogen) atoms.